The van der Waals surface area contributed by atoms with Crippen molar-refractivity contribution in [1.29, 1.82) is 0 Å². The van der Waals surface area contributed by atoms with Crippen molar-refractivity contribution in [3.63, 3.8) is 0 Å². The molecule has 0 aromatic heterocycles. The van der Waals surface area contributed by atoms with Crippen LogP contribution in [0, 0.1) is 0 Å². The summed E-state index contributed by atoms with van der Waals surface area (Å²) in [6.07, 6.45) is 4.20. The Morgan fingerprint density at radius 2 is 1.88 bits per heavy atom. The van der Waals surface area contributed by atoms with E-state index in [-0.39, 0.29) is 29.5 Å². The predicted molar refractivity (Wildman–Crippen MR) is 101 cm³/mol. The van der Waals surface area contributed by atoms with Crippen LogP contribution in [0.15, 0.2) is 35.5 Å². The molecule has 1 spiro atoms. The van der Waals surface area contributed by atoms with E-state index >= 15 is 0 Å². The number of unbranched alkanes of at least 4 members (excludes halogenated alkanes) is 1. The zero-order valence-electron chi connectivity index (χ0n) is 16.4. The van der Waals surface area contributed by atoms with Gasteiger partial charge in [0, 0.05) is 12.5 Å². The third-order valence-corrected chi connectivity index (χ3v) is 5.55. The molecule has 4 unspecified atom stereocenters. The second kappa shape index (κ2) is 6.78. The molecule has 0 amide bonds. The van der Waals surface area contributed by atoms with Crippen LogP contribution >= 0.6 is 0 Å². The number of hydrogen-bond donors (Lipinski definition) is 1. The Morgan fingerprint density at radius 1 is 1.25 bits per heavy atom. The molecular weight excluding hydrogens is 298 g/mol. The van der Waals surface area contributed by atoms with Crippen molar-refractivity contribution in [1.82, 2.24) is 0 Å². The summed E-state index contributed by atoms with van der Waals surface area (Å²) in [7, 11) is 0. The van der Waals surface area contributed by atoms with Crippen LogP contribution in [0.5, 0.6) is 0 Å². The second-order valence-electron chi connectivity index (χ2n) is 7.67. The molecule has 2 fully saturated rings. The highest BCUT2D eigenvalue weighted by Crippen LogP contribution is 2.60. The van der Waals surface area contributed by atoms with Crippen molar-refractivity contribution in [3.8, 4) is 0 Å². The van der Waals surface area contributed by atoms with Gasteiger partial charge in [-0.3, -0.25) is 0 Å². The molecular formula is C21H35NO2. The van der Waals surface area contributed by atoms with E-state index in [2.05, 4.69) is 40.9 Å². The first-order valence-electron chi connectivity index (χ1n) is 9.44. The lowest BCUT2D eigenvalue weighted by Gasteiger charge is -2.47. The number of rotatable bonds is 4. The molecule has 0 aromatic carbocycles. The lowest BCUT2D eigenvalue weighted by Crippen LogP contribution is -2.60. The van der Waals surface area contributed by atoms with Crippen molar-refractivity contribution in [2.45, 2.75) is 96.7 Å². The van der Waals surface area contributed by atoms with Gasteiger partial charge in [-0.1, -0.05) is 45.9 Å². The normalized spacial score (nSPS) is 36.3. The molecule has 2 heterocycles. The van der Waals surface area contributed by atoms with E-state index in [1.807, 2.05) is 13.8 Å². The first-order chi connectivity index (χ1) is 11.2. The quantitative estimate of drug-likeness (QED) is 0.760. The highest BCUT2D eigenvalue weighted by Gasteiger charge is 2.70. The largest absolute Gasteiger partial charge is 0.363 e. The molecule has 3 aliphatic rings. The second-order valence-corrected chi connectivity index (χ2v) is 7.67. The summed E-state index contributed by atoms with van der Waals surface area (Å²) in [4.78, 5) is 0. The fraction of sp³-hybridized carbons (Fsp3) is 0.714. The smallest absolute Gasteiger partial charge is 0.131 e. The Kier molecular flexibility index (Phi) is 5.49. The minimum absolute atomic E-state index is 0.0230. The summed E-state index contributed by atoms with van der Waals surface area (Å²) >= 11 is 0. The van der Waals surface area contributed by atoms with E-state index in [0.717, 1.165) is 30.4 Å². The molecule has 1 aliphatic carbocycles. The van der Waals surface area contributed by atoms with Gasteiger partial charge in [0.15, 0.2) is 0 Å². The minimum atomic E-state index is -0.346. The molecule has 136 valence electrons. The van der Waals surface area contributed by atoms with Crippen molar-refractivity contribution in [2.24, 2.45) is 5.73 Å². The average molecular weight is 334 g/mol. The molecule has 24 heavy (non-hydrogen) atoms. The van der Waals surface area contributed by atoms with Crippen LogP contribution in [-0.2, 0) is 9.47 Å². The van der Waals surface area contributed by atoms with Crippen LogP contribution in [0.4, 0.5) is 0 Å². The van der Waals surface area contributed by atoms with Crippen LogP contribution in [-0.4, -0.2) is 29.5 Å². The minimum Gasteiger partial charge on any atom is -0.363 e. The van der Waals surface area contributed by atoms with Crippen LogP contribution in [0.2, 0.25) is 0 Å². The van der Waals surface area contributed by atoms with Crippen molar-refractivity contribution >= 4 is 0 Å². The zero-order valence-corrected chi connectivity index (χ0v) is 16.4. The summed E-state index contributed by atoms with van der Waals surface area (Å²) in [5, 5.41) is 0. The third kappa shape index (κ3) is 2.91. The monoisotopic (exact) mass is 333 g/mol. The summed E-state index contributed by atoms with van der Waals surface area (Å²) in [5.74, 6) is 0. The highest BCUT2D eigenvalue weighted by molar-refractivity contribution is 5.56. The van der Waals surface area contributed by atoms with E-state index in [0.29, 0.717) is 0 Å². The highest BCUT2D eigenvalue weighted by atomic mass is 16.6. The van der Waals surface area contributed by atoms with Crippen molar-refractivity contribution in [3.05, 3.63) is 35.5 Å². The summed E-state index contributed by atoms with van der Waals surface area (Å²) in [5.41, 5.74) is 10.4. The van der Waals surface area contributed by atoms with Gasteiger partial charge in [0.05, 0.1) is 5.60 Å². The van der Waals surface area contributed by atoms with Crippen LogP contribution in [0.1, 0.15) is 67.2 Å². The van der Waals surface area contributed by atoms with E-state index in [1.165, 1.54) is 17.6 Å². The van der Waals surface area contributed by atoms with Gasteiger partial charge in [-0.2, -0.15) is 0 Å². The molecule has 0 bridgehead atoms. The van der Waals surface area contributed by atoms with Gasteiger partial charge in [-0.25, -0.2) is 0 Å². The fourth-order valence-corrected chi connectivity index (χ4v) is 4.02. The van der Waals surface area contributed by atoms with E-state index in [9.17, 15) is 0 Å². The first kappa shape index (κ1) is 19.4. The standard InChI is InChI=1S/C19H29NO2.C2H6/c1-7-8-9-13-12(4)16-19(22-16)10-14(20)18(5,6)21-17(19)15(13)11(2)3;1-2/h14,16-17H,2,4,7-10,20H2,1,3,5-6H3;1-2H3. The van der Waals surface area contributed by atoms with Crippen LogP contribution in [0.3, 0.4) is 0 Å². The molecule has 0 radical (unpaired) electrons. The molecule has 0 aromatic rings. The number of hydrogen-bond acceptors (Lipinski definition) is 3. The van der Waals surface area contributed by atoms with Gasteiger partial charge >= 0.3 is 0 Å². The van der Waals surface area contributed by atoms with Gasteiger partial charge in [-0.15, -0.1) is 0 Å². The van der Waals surface area contributed by atoms with Gasteiger partial charge in [0.2, 0.25) is 0 Å². The Bertz CT molecular complexity index is 560. The predicted octanol–water partition coefficient (Wildman–Crippen LogP) is 4.68. The molecule has 4 atom stereocenters. The van der Waals surface area contributed by atoms with Gasteiger partial charge in [-0.05, 0) is 50.3 Å². The number of nitrogens with two attached hydrogens (primary N) is 1. The molecule has 2 saturated heterocycles. The molecule has 2 N–H and O–H groups in total. The average Bonchev–Trinajstić information content (AvgIpc) is 3.24. The Morgan fingerprint density at radius 3 is 2.42 bits per heavy atom. The molecule has 0 saturated carbocycles. The van der Waals surface area contributed by atoms with Crippen LogP contribution < -0.4 is 5.73 Å². The third-order valence-electron chi connectivity index (χ3n) is 5.55. The Balaban J connectivity index is 0.00000100. The topological polar surface area (TPSA) is 47.8 Å². The first-order valence-corrected chi connectivity index (χ1v) is 9.44. The zero-order chi connectivity index (χ0) is 18.3. The number of ether oxygens (including phenoxy) is 2. The summed E-state index contributed by atoms with van der Waals surface area (Å²) in [6.45, 7) is 21.0. The van der Waals surface area contributed by atoms with Crippen molar-refractivity contribution in [2.75, 3.05) is 0 Å². The van der Waals surface area contributed by atoms with Gasteiger partial charge in [0.25, 0.3) is 0 Å². The molecule has 3 nitrogen and oxygen atoms in total. The van der Waals surface area contributed by atoms with E-state index in [4.69, 9.17) is 15.2 Å². The fourth-order valence-electron chi connectivity index (χ4n) is 4.02. The Hall–Kier alpha value is -0.900. The lowest BCUT2D eigenvalue weighted by atomic mass is 9.69. The summed E-state index contributed by atoms with van der Waals surface area (Å²) in [6, 6.07) is -0.0230. The Labute approximate surface area is 148 Å². The lowest BCUT2D eigenvalue weighted by molar-refractivity contribution is -0.137. The molecule has 3 rings (SSSR count). The maximum absolute atomic E-state index is 6.46. The van der Waals surface area contributed by atoms with Gasteiger partial charge in [0.1, 0.15) is 17.8 Å². The SMILES string of the molecule is C=C(C)C1=C(CCCC)C(=C)C2OC23CC(N)C(C)(C)OC13.CC. The summed E-state index contributed by atoms with van der Waals surface area (Å²) < 4.78 is 12.6. The van der Waals surface area contributed by atoms with E-state index in [1.54, 1.807) is 0 Å². The maximum Gasteiger partial charge on any atom is 0.131 e. The van der Waals surface area contributed by atoms with Gasteiger partial charge < -0.3 is 15.2 Å². The molecule has 3 heteroatoms. The maximum atomic E-state index is 6.46. The van der Waals surface area contributed by atoms with Crippen molar-refractivity contribution < 1.29 is 9.47 Å². The number of epoxide rings is 1. The van der Waals surface area contributed by atoms with Crippen LogP contribution in [0.25, 0.3) is 0 Å². The molecule has 2 aliphatic heterocycles. The van der Waals surface area contributed by atoms with E-state index < -0.39 is 0 Å².